The van der Waals surface area contributed by atoms with Crippen LogP contribution in [0.4, 0.5) is 0 Å². The summed E-state index contributed by atoms with van der Waals surface area (Å²) in [6.45, 7) is 5.86. The van der Waals surface area contributed by atoms with Crippen molar-refractivity contribution in [2.75, 3.05) is 6.54 Å². The van der Waals surface area contributed by atoms with Crippen molar-refractivity contribution in [2.45, 2.75) is 26.4 Å². The van der Waals surface area contributed by atoms with Gasteiger partial charge >= 0.3 is 0 Å². The van der Waals surface area contributed by atoms with Gasteiger partial charge in [-0.15, -0.1) is 0 Å². The molecule has 4 heteroatoms. The Kier molecular flexibility index (Phi) is 3.88. The predicted molar refractivity (Wildman–Crippen MR) is 62.1 cm³/mol. The summed E-state index contributed by atoms with van der Waals surface area (Å²) < 4.78 is 0. The van der Waals surface area contributed by atoms with Gasteiger partial charge in [-0.25, -0.2) is 0 Å². The summed E-state index contributed by atoms with van der Waals surface area (Å²) in [6.07, 6.45) is 0. The molecule has 1 atom stereocenters. The van der Waals surface area contributed by atoms with Crippen molar-refractivity contribution in [2.24, 2.45) is 5.92 Å². The zero-order valence-electron chi connectivity index (χ0n) is 9.28. The zero-order valence-corrected chi connectivity index (χ0v) is 10.1. The van der Waals surface area contributed by atoms with E-state index in [2.05, 4.69) is 5.32 Å². The van der Waals surface area contributed by atoms with Crippen LogP contribution in [0.3, 0.4) is 0 Å². The highest BCUT2D eigenvalue weighted by atomic mass is 32.1. The molecule has 1 rings (SSSR count). The fourth-order valence-electron chi connectivity index (χ4n) is 0.959. The lowest BCUT2D eigenvalue weighted by Gasteiger charge is -2.27. The SMILES string of the molecule is CC(C)C(C)(O)CNC(=O)c1ccsc1. The van der Waals surface area contributed by atoms with Crippen LogP contribution in [-0.4, -0.2) is 23.2 Å². The van der Waals surface area contributed by atoms with Crippen molar-refractivity contribution in [1.29, 1.82) is 0 Å². The first kappa shape index (κ1) is 12.2. The van der Waals surface area contributed by atoms with E-state index in [0.717, 1.165) is 0 Å². The molecule has 0 aliphatic heterocycles. The van der Waals surface area contributed by atoms with Gasteiger partial charge in [0.25, 0.3) is 5.91 Å². The number of amides is 1. The minimum atomic E-state index is -0.855. The molecule has 0 aliphatic rings. The van der Waals surface area contributed by atoms with Crippen LogP contribution in [0, 0.1) is 5.92 Å². The Bertz CT molecular complexity index is 317. The van der Waals surface area contributed by atoms with Gasteiger partial charge in [0.05, 0.1) is 5.60 Å². The van der Waals surface area contributed by atoms with Crippen molar-refractivity contribution < 1.29 is 9.90 Å². The number of thiophene rings is 1. The summed E-state index contributed by atoms with van der Waals surface area (Å²) in [5.74, 6) is -0.0163. The van der Waals surface area contributed by atoms with E-state index in [-0.39, 0.29) is 18.4 Å². The minimum Gasteiger partial charge on any atom is -0.388 e. The van der Waals surface area contributed by atoms with Crippen LogP contribution in [0.5, 0.6) is 0 Å². The summed E-state index contributed by atoms with van der Waals surface area (Å²) in [5, 5.41) is 16.3. The Hall–Kier alpha value is -0.870. The molecule has 15 heavy (non-hydrogen) atoms. The highest BCUT2D eigenvalue weighted by Gasteiger charge is 2.25. The monoisotopic (exact) mass is 227 g/mol. The molecule has 0 aliphatic carbocycles. The Labute approximate surface area is 94.1 Å². The van der Waals surface area contributed by atoms with E-state index in [4.69, 9.17) is 0 Å². The van der Waals surface area contributed by atoms with Crippen molar-refractivity contribution in [3.05, 3.63) is 22.4 Å². The first-order chi connectivity index (χ1) is 6.93. The average Bonchev–Trinajstić information content (AvgIpc) is 2.66. The largest absolute Gasteiger partial charge is 0.388 e. The molecular weight excluding hydrogens is 210 g/mol. The van der Waals surface area contributed by atoms with Gasteiger partial charge in [0, 0.05) is 17.5 Å². The topological polar surface area (TPSA) is 49.3 Å². The number of carbonyl (C=O) groups excluding carboxylic acids is 1. The van der Waals surface area contributed by atoms with E-state index < -0.39 is 5.60 Å². The maximum atomic E-state index is 11.6. The van der Waals surface area contributed by atoms with Crippen LogP contribution < -0.4 is 5.32 Å². The standard InChI is InChI=1S/C11H17NO2S/c1-8(2)11(3,14)7-12-10(13)9-4-5-15-6-9/h4-6,8,14H,7H2,1-3H3,(H,12,13). The van der Waals surface area contributed by atoms with Crippen LogP contribution >= 0.6 is 11.3 Å². The maximum Gasteiger partial charge on any atom is 0.252 e. The molecule has 1 heterocycles. The second-order valence-corrected chi connectivity index (χ2v) is 4.99. The van der Waals surface area contributed by atoms with Gasteiger partial charge < -0.3 is 10.4 Å². The Morgan fingerprint density at radius 3 is 2.80 bits per heavy atom. The molecule has 0 radical (unpaired) electrons. The van der Waals surface area contributed by atoms with E-state index in [1.54, 1.807) is 18.4 Å². The molecule has 2 N–H and O–H groups in total. The number of aliphatic hydroxyl groups is 1. The zero-order chi connectivity index (χ0) is 11.5. The average molecular weight is 227 g/mol. The normalized spacial score (nSPS) is 15.0. The Balaban J connectivity index is 2.48. The molecule has 1 amide bonds. The molecule has 0 aromatic carbocycles. The molecule has 0 saturated carbocycles. The van der Waals surface area contributed by atoms with Crippen molar-refractivity contribution >= 4 is 17.2 Å². The third kappa shape index (κ3) is 3.32. The molecule has 3 nitrogen and oxygen atoms in total. The van der Waals surface area contributed by atoms with E-state index in [9.17, 15) is 9.90 Å². The first-order valence-electron chi connectivity index (χ1n) is 4.96. The molecule has 0 saturated heterocycles. The van der Waals surface area contributed by atoms with Gasteiger partial charge in [-0.2, -0.15) is 11.3 Å². The number of hydrogen-bond acceptors (Lipinski definition) is 3. The highest BCUT2D eigenvalue weighted by Crippen LogP contribution is 2.15. The third-order valence-electron chi connectivity index (χ3n) is 2.63. The van der Waals surface area contributed by atoms with Crippen LogP contribution in [0.2, 0.25) is 0 Å². The lowest BCUT2D eigenvalue weighted by Crippen LogP contribution is -2.44. The fraction of sp³-hybridized carbons (Fsp3) is 0.545. The summed E-state index contributed by atoms with van der Waals surface area (Å²) in [5.41, 5.74) is -0.203. The lowest BCUT2D eigenvalue weighted by molar-refractivity contribution is 0.0142. The number of hydrogen-bond donors (Lipinski definition) is 2. The van der Waals surface area contributed by atoms with Crippen LogP contribution in [0.15, 0.2) is 16.8 Å². The van der Waals surface area contributed by atoms with Crippen LogP contribution in [0.25, 0.3) is 0 Å². The Morgan fingerprint density at radius 1 is 1.67 bits per heavy atom. The maximum absolute atomic E-state index is 11.6. The van der Waals surface area contributed by atoms with E-state index in [1.165, 1.54) is 11.3 Å². The second kappa shape index (κ2) is 4.77. The van der Waals surface area contributed by atoms with E-state index in [1.807, 2.05) is 19.2 Å². The summed E-state index contributed by atoms with van der Waals surface area (Å²) >= 11 is 1.48. The fourth-order valence-corrected chi connectivity index (χ4v) is 1.60. The molecule has 1 aromatic rings. The van der Waals surface area contributed by atoms with Gasteiger partial charge in [-0.05, 0) is 24.3 Å². The number of nitrogens with one attached hydrogen (secondary N) is 1. The number of carbonyl (C=O) groups is 1. The van der Waals surface area contributed by atoms with Gasteiger partial charge in [0.1, 0.15) is 0 Å². The molecule has 0 bridgehead atoms. The van der Waals surface area contributed by atoms with E-state index >= 15 is 0 Å². The lowest BCUT2D eigenvalue weighted by atomic mass is 9.92. The van der Waals surface area contributed by atoms with Crippen molar-refractivity contribution in [3.63, 3.8) is 0 Å². The van der Waals surface area contributed by atoms with E-state index in [0.29, 0.717) is 5.56 Å². The van der Waals surface area contributed by atoms with Crippen molar-refractivity contribution in [1.82, 2.24) is 5.32 Å². The third-order valence-corrected chi connectivity index (χ3v) is 3.32. The second-order valence-electron chi connectivity index (χ2n) is 4.21. The number of rotatable bonds is 4. The van der Waals surface area contributed by atoms with Gasteiger partial charge in [0.2, 0.25) is 0 Å². The highest BCUT2D eigenvalue weighted by molar-refractivity contribution is 7.08. The van der Waals surface area contributed by atoms with Crippen molar-refractivity contribution in [3.8, 4) is 0 Å². The van der Waals surface area contributed by atoms with Gasteiger partial charge in [-0.1, -0.05) is 13.8 Å². The smallest absolute Gasteiger partial charge is 0.252 e. The molecule has 0 spiro atoms. The summed E-state index contributed by atoms with van der Waals surface area (Å²) in [4.78, 5) is 11.6. The minimum absolute atomic E-state index is 0.111. The van der Waals surface area contributed by atoms with Crippen LogP contribution in [0.1, 0.15) is 31.1 Å². The quantitative estimate of drug-likeness (QED) is 0.825. The Morgan fingerprint density at radius 2 is 2.33 bits per heavy atom. The summed E-state index contributed by atoms with van der Waals surface area (Å²) in [7, 11) is 0. The molecule has 84 valence electrons. The van der Waals surface area contributed by atoms with Gasteiger partial charge in [0.15, 0.2) is 0 Å². The molecular formula is C11H17NO2S. The molecule has 0 fully saturated rings. The molecule has 1 unspecified atom stereocenters. The first-order valence-corrected chi connectivity index (χ1v) is 5.90. The molecule has 1 aromatic heterocycles. The van der Waals surface area contributed by atoms with Crippen LogP contribution in [-0.2, 0) is 0 Å². The van der Waals surface area contributed by atoms with Gasteiger partial charge in [-0.3, -0.25) is 4.79 Å². The summed E-state index contributed by atoms with van der Waals surface area (Å²) in [6, 6.07) is 1.77. The predicted octanol–water partition coefficient (Wildman–Crippen LogP) is 1.88.